The van der Waals surface area contributed by atoms with Crippen LogP contribution in [0.5, 0.6) is 11.5 Å². The first kappa shape index (κ1) is 27.9. The first-order chi connectivity index (χ1) is 17.9. The van der Waals surface area contributed by atoms with Crippen molar-refractivity contribution >= 4 is 16.7 Å². The number of halogens is 3. The molecule has 3 aromatic rings. The van der Waals surface area contributed by atoms with Crippen LogP contribution in [0.1, 0.15) is 43.8 Å². The van der Waals surface area contributed by atoms with Gasteiger partial charge in [-0.2, -0.15) is 8.78 Å². The van der Waals surface area contributed by atoms with Crippen LogP contribution in [0.3, 0.4) is 0 Å². The van der Waals surface area contributed by atoms with E-state index in [9.17, 15) is 13.9 Å². The highest BCUT2D eigenvalue weighted by molar-refractivity contribution is 5.92. The molecule has 3 N–H and O–H groups in total. The van der Waals surface area contributed by atoms with Crippen molar-refractivity contribution in [3.8, 4) is 11.5 Å². The van der Waals surface area contributed by atoms with E-state index in [1.807, 2.05) is 0 Å². The molecule has 0 unspecified atom stereocenters. The van der Waals surface area contributed by atoms with Crippen molar-refractivity contribution in [2.24, 2.45) is 0 Å². The van der Waals surface area contributed by atoms with E-state index in [1.54, 1.807) is 33.1 Å². The number of aliphatic hydroxyl groups is 1. The van der Waals surface area contributed by atoms with Crippen molar-refractivity contribution in [2.45, 2.75) is 51.4 Å². The quantitative estimate of drug-likeness (QED) is 0.310. The van der Waals surface area contributed by atoms with Crippen molar-refractivity contribution in [3.63, 3.8) is 0 Å². The Morgan fingerprint density at radius 3 is 2.53 bits per heavy atom. The first-order valence-electron chi connectivity index (χ1n) is 12.4. The van der Waals surface area contributed by atoms with Crippen molar-refractivity contribution < 1.29 is 32.5 Å². The van der Waals surface area contributed by atoms with Gasteiger partial charge in [-0.3, -0.25) is 0 Å². The van der Waals surface area contributed by atoms with Gasteiger partial charge >= 0.3 is 5.92 Å². The van der Waals surface area contributed by atoms with E-state index < -0.39 is 28.9 Å². The van der Waals surface area contributed by atoms with Crippen LogP contribution in [0.4, 0.5) is 19.0 Å². The molecule has 1 aliphatic rings. The molecule has 38 heavy (non-hydrogen) atoms. The lowest BCUT2D eigenvalue weighted by atomic mass is 9.91. The molecule has 1 aromatic heterocycles. The molecule has 2 aromatic carbocycles. The minimum Gasteiger partial charge on any atom is -0.487 e. The number of anilines is 1. The minimum absolute atomic E-state index is 0.00449. The second-order valence-electron chi connectivity index (χ2n) is 9.88. The Labute approximate surface area is 219 Å². The number of nitrogens with zero attached hydrogens (tertiary/aromatic N) is 2. The summed E-state index contributed by atoms with van der Waals surface area (Å²) < 4.78 is 62.1. The van der Waals surface area contributed by atoms with Crippen LogP contribution in [-0.2, 0) is 10.7 Å². The lowest BCUT2D eigenvalue weighted by molar-refractivity contribution is -0.170. The van der Waals surface area contributed by atoms with Crippen molar-refractivity contribution in [3.05, 3.63) is 53.1 Å². The summed E-state index contributed by atoms with van der Waals surface area (Å²) in [5, 5.41) is 16.9. The van der Waals surface area contributed by atoms with Crippen LogP contribution < -0.4 is 20.1 Å². The van der Waals surface area contributed by atoms with Gasteiger partial charge in [-0.15, -0.1) is 0 Å². The van der Waals surface area contributed by atoms with Gasteiger partial charge in [0.15, 0.2) is 11.5 Å². The number of rotatable bonds is 11. The van der Waals surface area contributed by atoms with E-state index in [1.165, 1.54) is 12.1 Å². The molecule has 0 radical (unpaired) electrons. The lowest BCUT2D eigenvalue weighted by Gasteiger charge is -2.30. The van der Waals surface area contributed by atoms with Crippen LogP contribution in [-0.4, -0.2) is 60.2 Å². The fourth-order valence-electron chi connectivity index (χ4n) is 4.07. The van der Waals surface area contributed by atoms with Crippen molar-refractivity contribution in [1.29, 1.82) is 0 Å². The monoisotopic (exact) mass is 534 g/mol. The average molecular weight is 535 g/mol. The highest BCUT2D eigenvalue weighted by Gasteiger charge is 2.49. The van der Waals surface area contributed by atoms with E-state index in [0.717, 1.165) is 33.0 Å². The molecule has 0 aliphatic carbocycles. The molecule has 0 amide bonds. The van der Waals surface area contributed by atoms with Gasteiger partial charge in [0.1, 0.15) is 35.8 Å². The van der Waals surface area contributed by atoms with Crippen LogP contribution in [0.25, 0.3) is 10.9 Å². The number of benzene rings is 2. The molecule has 8 nitrogen and oxygen atoms in total. The second-order valence-corrected chi connectivity index (χ2v) is 9.88. The third kappa shape index (κ3) is 5.64. The summed E-state index contributed by atoms with van der Waals surface area (Å²) in [5.74, 6) is -3.05. The fourth-order valence-corrected chi connectivity index (χ4v) is 4.07. The third-order valence-corrected chi connectivity index (χ3v) is 6.41. The Morgan fingerprint density at radius 1 is 1.16 bits per heavy atom. The molecule has 0 saturated carbocycles. The highest BCUT2D eigenvalue weighted by atomic mass is 19.3. The predicted octanol–water partition coefficient (Wildman–Crippen LogP) is 4.49. The van der Waals surface area contributed by atoms with Crippen LogP contribution in [0, 0.1) is 12.7 Å². The van der Waals surface area contributed by atoms with Crippen molar-refractivity contribution in [1.82, 2.24) is 15.3 Å². The third-order valence-electron chi connectivity index (χ3n) is 6.41. The van der Waals surface area contributed by atoms with Gasteiger partial charge in [0.25, 0.3) is 0 Å². The molecule has 0 spiro atoms. The van der Waals surface area contributed by atoms with E-state index in [4.69, 9.17) is 14.2 Å². The highest BCUT2D eigenvalue weighted by Crippen LogP contribution is 2.42. The minimum atomic E-state index is -3.80. The maximum Gasteiger partial charge on any atom is 0.303 e. The zero-order chi connectivity index (χ0) is 27.7. The van der Waals surface area contributed by atoms with Gasteiger partial charge in [0, 0.05) is 37.2 Å². The van der Waals surface area contributed by atoms with E-state index in [2.05, 4.69) is 20.6 Å². The topological polar surface area (TPSA) is 97.8 Å². The second kappa shape index (κ2) is 10.9. The fraction of sp³-hybridized carbons (Fsp3) is 0.481. The maximum absolute atomic E-state index is 15.4. The maximum atomic E-state index is 15.4. The molecule has 4 rings (SSSR count). The van der Waals surface area contributed by atoms with Crippen LogP contribution >= 0.6 is 0 Å². The summed E-state index contributed by atoms with van der Waals surface area (Å²) >= 11 is 0. The zero-order valence-electron chi connectivity index (χ0n) is 22.1. The molecule has 1 aliphatic heterocycles. The SMILES string of the molecule is COCCOc1cc2c(N[C@H](C)c3cccc(C(F)(F)C(C)(C)O)c3F)nc(C)nc2cc1OC1CNC1. The van der Waals surface area contributed by atoms with Gasteiger partial charge in [-0.25, -0.2) is 14.4 Å². The van der Waals surface area contributed by atoms with E-state index >= 15 is 4.39 Å². The first-order valence-corrected chi connectivity index (χ1v) is 12.4. The summed E-state index contributed by atoms with van der Waals surface area (Å²) in [6, 6.07) is 6.51. The summed E-state index contributed by atoms with van der Waals surface area (Å²) in [6.07, 6.45) is 0.00931. The standard InChI is InChI=1S/C27H33F3N4O4/c1-15(18-7-6-8-20(24(18)28)27(29,30)26(3,4)35)32-25-19-11-22(37-10-9-36-5)23(38-17-13-31-14-17)12-21(19)33-16(2)34-25/h6-8,11-12,15,17,31,35H,9-10,13-14H2,1-5H3,(H,32,33,34)/t15-/m1/s1. The number of aromatic nitrogens is 2. The van der Waals surface area contributed by atoms with Crippen LogP contribution in [0.2, 0.25) is 0 Å². The normalized spacial score (nSPS) is 15.3. The molecular formula is C27H33F3N4O4. The zero-order valence-corrected chi connectivity index (χ0v) is 22.1. The smallest absolute Gasteiger partial charge is 0.303 e. The number of nitrogens with one attached hydrogen (secondary N) is 2. The Kier molecular flexibility index (Phi) is 8.01. The number of alkyl halides is 2. The van der Waals surface area contributed by atoms with Crippen LogP contribution in [0.15, 0.2) is 30.3 Å². The number of hydrogen-bond donors (Lipinski definition) is 3. The van der Waals surface area contributed by atoms with Gasteiger partial charge in [-0.05, 0) is 39.8 Å². The average Bonchev–Trinajstić information content (AvgIpc) is 2.81. The van der Waals surface area contributed by atoms with E-state index in [-0.39, 0.29) is 11.7 Å². The summed E-state index contributed by atoms with van der Waals surface area (Å²) in [6.45, 7) is 7.37. The molecule has 11 heteroatoms. The van der Waals surface area contributed by atoms with Crippen molar-refractivity contribution in [2.75, 3.05) is 38.7 Å². The van der Waals surface area contributed by atoms with E-state index in [0.29, 0.717) is 47.3 Å². The van der Waals surface area contributed by atoms with Gasteiger partial charge < -0.3 is 30.0 Å². The molecule has 1 saturated heterocycles. The largest absolute Gasteiger partial charge is 0.487 e. The molecular weight excluding hydrogens is 501 g/mol. The summed E-state index contributed by atoms with van der Waals surface area (Å²) in [4.78, 5) is 9.03. The molecule has 0 bridgehead atoms. The molecule has 2 heterocycles. The Balaban J connectivity index is 1.71. The molecule has 1 atom stereocenters. The Morgan fingerprint density at radius 2 is 1.89 bits per heavy atom. The Hall–Kier alpha value is -3.15. The molecule has 1 fully saturated rings. The summed E-state index contributed by atoms with van der Waals surface area (Å²) in [5.41, 5.74) is -2.74. The van der Waals surface area contributed by atoms with Gasteiger partial charge in [-0.1, -0.05) is 12.1 Å². The van der Waals surface area contributed by atoms with Gasteiger partial charge in [0.05, 0.1) is 23.7 Å². The number of hydrogen-bond acceptors (Lipinski definition) is 8. The lowest BCUT2D eigenvalue weighted by Crippen LogP contribution is -2.50. The van der Waals surface area contributed by atoms with Gasteiger partial charge in [0.2, 0.25) is 0 Å². The number of fused-ring (bicyclic) bond motifs is 1. The number of aryl methyl sites for hydroxylation is 1. The Bertz CT molecular complexity index is 1300. The molecule has 206 valence electrons. The number of ether oxygens (including phenoxy) is 3. The predicted molar refractivity (Wildman–Crippen MR) is 138 cm³/mol. The summed E-state index contributed by atoms with van der Waals surface area (Å²) in [7, 11) is 1.58. The number of methoxy groups -OCH3 is 1.